The van der Waals surface area contributed by atoms with Crippen molar-refractivity contribution in [2.75, 3.05) is 53.6 Å². The number of methoxy groups -OCH3 is 1. The van der Waals surface area contributed by atoms with Crippen LogP contribution in [-0.2, 0) is 48.0 Å². The predicted molar refractivity (Wildman–Crippen MR) is 248 cm³/mol. The fourth-order valence-corrected chi connectivity index (χ4v) is 12.1. The highest BCUT2D eigenvalue weighted by atomic mass is 35.5. The van der Waals surface area contributed by atoms with Gasteiger partial charge in [-0.05, 0) is 104 Å². The van der Waals surface area contributed by atoms with Crippen molar-refractivity contribution in [3.63, 3.8) is 0 Å². The van der Waals surface area contributed by atoms with Crippen molar-refractivity contribution in [3.8, 4) is 0 Å². The molecule has 4 saturated heterocycles. The molecule has 6 N–H and O–H groups in total. The number of carbonyl (C=O) groups is 1. The highest BCUT2D eigenvalue weighted by Gasteiger charge is 2.59. The maximum atomic E-state index is 14.6. The molecule has 0 unspecified atom stereocenters. The second kappa shape index (κ2) is 22.4. The molecular formula is C47H80ClN3O15S. The number of hydrogen-bond acceptors (Lipinski definition) is 17. The molecule has 4 aliphatic rings. The molecule has 18 nitrogen and oxygen atoms in total. The van der Waals surface area contributed by atoms with Crippen LogP contribution in [0.3, 0.4) is 0 Å². The Kier molecular flexibility index (Phi) is 18.8. The molecule has 0 radical (unpaired) electrons. The number of cyclic esters (lactones) is 1. The number of rotatable bonds is 11. The lowest BCUT2D eigenvalue weighted by Crippen LogP contribution is -2.70. The van der Waals surface area contributed by atoms with E-state index in [0.717, 1.165) is 4.31 Å². The maximum Gasteiger partial charge on any atom is 0.311 e. The third kappa shape index (κ3) is 12.4. The number of esters is 1. The van der Waals surface area contributed by atoms with Crippen LogP contribution in [0.15, 0.2) is 29.2 Å². The van der Waals surface area contributed by atoms with E-state index in [2.05, 4.69) is 10.2 Å². The van der Waals surface area contributed by atoms with Gasteiger partial charge in [0.25, 0.3) is 0 Å². The molecule has 0 bridgehead atoms. The standard InChI is InChI=1S/C47H80ClN3O15S/c1-13-36-46(10,56)40(53)31(6)49-25-27(2)23-44(8,55)41(66-43-38(52)35(22-28(3)62-43)50(11)67(58,59)34-16-14-33(48)15-17-34)29(4)39(30(5)42(54)64-36)65-37-24-45(9,60-12)47(57,32(7)63-37)26-51-18-20-61-21-19-51/h14-17,27-32,35-41,43,49,52-53,55-57H,13,18-26H2,1-12H3/t27-,28-,29+,30-,31-,32+,35+,36-,37+,38-,39+,40-,41-,43+,44-,45-,46-,47+/m1/s1. The van der Waals surface area contributed by atoms with Crippen LogP contribution < -0.4 is 5.32 Å². The minimum Gasteiger partial charge on any atom is -0.459 e. The topological polar surface area (TPSA) is 235 Å². The Labute approximate surface area is 402 Å². The molecule has 1 aromatic carbocycles. The quantitative estimate of drug-likeness (QED) is 0.175. The fraction of sp³-hybridized carbons (Fsp3) is 0.851. The Balaban J connectivity index is 1.56. The number of hydrogen-bond donors (Lipinski definition) is 6. The van der Waals surface area contributed by atoms with Crippen molar-refractivity contribution < 1.29 is 71.9 Å². The van der Waals surface area contributed by atoms with Gasteiger partial charge in [0.05, 0.1) is 60.1 Å². The molecule has 20 heteroatoms. The van der Waals surface area contributed by atoms with E-state index in [9.17, 15) is 38.7 Å². The fourth-order valence-electron chi connectivity index (χ4n) is 10.6. The number of halogens is 1. The number of nitrogens with zero attached hydrogens (tertiary/aromatic N) is 2. The zero-order valence-electron chi connectivity index (χ0n) is 41.5. The average Bonchev–Trinajstić information content (AvgIpc) is 3.27. The van der Waals surface area contributed by atoms with Crippen LogP contribution in [-0.4, -0.2) is 192 Å². The first-order valence-corrected chi connectivity index (χ1v) is 25.6. The van der Waals surface area contributed by atoms with E-state index in [1.807, 2.05) is 6.92 Å². The molecule has 0 amide bonds. The summed E-state index contributed by atoms with van der Waals surface area (Å²) in [4.78, 5) is 16.6. The second-order valence-electron chi connectivity index (χ2n) is 20.4. The summed E-state index contributed by atoms with van der Waals surface area (Å²) in [5.41, 5.74) is -6.38. The molecular weight excluding hydrogens is 914 g/mol. The van der Waals surface area contributed by atoms with E-state index < -0.39 is 118 Å². The van der Waals surface area contributed by atoms with Crippen LogP contribution in [0.1, 0.15) is 94.9 Å². The van der Waals surface area contributed by atoms with Crippen LogP contribution in [0.2, 0.25) is 5.02 Å². The number of carbonyl (C=O) groups excluding carboxylic acids is 1. The third-order valence-electron chi connectivity index (χ3n) is 15.1. The number of nitrogens with one attached hydrogen (secondary N) is 1. The molecule has 0 aromatic heterocycles. The number of benzene rings is 1. The first kappa shape index (κ1) is 56.3. The Morgan fingerprint density at radius 1 is 0.955 bits per heavy atom. The molecule has 1 aromatic rings. The molecule has 0 spiro atoms. The van der Waals surface area contributed by atoms with Crippen LogP contribution in [0.5, 0.6) is 0 Å². The summed E-state index contributed by atoms with van der Waals surface area (Å²) in [5, 5.41) is 64.2. The predicted octanol–water partition coefficient (Wildman–Crippen LogP) is 2.67. The highest BCUT2D eigenvalue weighted by Crippen LogP contribution is 2.44. The lowest BCUT2D eigenvalue weighted by atomic mass is 9.74. The molecule has 4 aliphatic heterocycles. The lowest BCUT2D eigenvalue weighted by Gasteiger charge is -2.55. The zero-order chi connectivity index (χ0) is 50.0. The Hall–Kier alpha value is -1.63. The van der Waals surface area contributed by atoms with Gasteiger partial charge in [-0.3, -0.25) is 9.69 Å². The maximum absolute atomic E-state index is 14.6. The molecule has 386 valence electrons. The summed E-state index contributed by atoms with van der Waals surface area (Å²) in [6.45, 7) is 19.7. The van der Waals surface area contributed by atoms with Crippen LogP contribution >= 0.6 is 11.6 Å². The molecule has 67 heavy (non-hydrogen) atoms. The first-order valence-electron chi connectivity index (χ1n) is 23.8. The van der Waals surface area contributed by atoms with E-state index >= 15 is 0 Å². The summed E-state index contributed by atoms with van der Waals surface area (Å²) in [5.74, 6) is -3.17. The molecule has 0 aliphatic carbocycles. The van der Waals surface area contributed by atoms with Gasteiger partial charge in [-0.25, -0.2) is 8.42 Å². The van der Waals surface area contributed by atoms with Crippen LogP contribution in [0.4, 0.5) is 0 Å². The second-order valence-corrected chi connectivity index (χ2v) is 22.9. The van der Waals surface area contributed by atoms with Gasteiger partial charge in [-0.15, -0.1) is 0 Å². The number of aliphatic hydroxyl groups is 5. The summed E-state index contributed by atoms with van der Waals surface area (Å²) in [6.07, 6.45) is -10.3. The van der Waals surface area contributed by atoms with Crippen LogP contribution in [0.25, 0.3) is 0 Å². The van der Waals surface area contributed by atoms with Gasteiger partial charge in [-0.2, -0.15) is 4.31 Å². The van der Waals surface area contributed by atoms with E-state index in [1.54, 1.807) is 55.4 Å². The summed E-state index contributed by atoms with van der Waals surface area (Å²) < 4.78 is 73.2. The normalized spacial score (nSPS) is 43.8. The zero-order valence-corrected chi connectivity index (χ0v) is 43.0. The monoisotopic (exact) mass is 993 g/mol. The summed E-state index contributed by atoms with van der Waals surface area (Å²) in [7, 11) is -1.26. The minimum atomic E-state index is -4.15. The Bertz CT molecular complexity index is 1880. The van der Waals surface area contributed by atoms with Crippen molar-refractivity contribution in [2.45, 2.75) is 190 Å². The van der Waals surface area contributed by atoms with Gasteiger partial charge in [0.2, 0.25) is 10.0 Å². The molecule has 4 heterocycles. The average molecular weight is 995 g/mol. The Morgan fingerprint density at radius 2 is 1.58 bits per heavy atom. The third-order valence-corrected chi connectivity index (χ3v) is 17.2. The van der Waals surface area contributed by atoms with E-state index in [-0.39, 0.29) is 49.6 Å². The van der Waals surface area contributed by atoms with Crippen LogP contribution in [0, 0.1) is 17.8 Å². The van der Waals surface area contributed by atoms with Gasteiger partial charge >= 0.3 is 5.97 Å². The van der Waals surface area contributed by atoms with E-state index in [4.69, 9.17) is 44.8 Å². The molecule has 5 rings (SSSR count). The molecule has 4 fully saturated rings. The van der Waals surface area contributed by atoms with Crippen molar-refractivity contribution in [3.05, 3.63) is 29.3 Å². The van der Waals surface area contributed by atoms with Gasteiger partial charge in [-0.1, -0.05) is 32.4 Å². The van der Waals surface area contributed by atoms with Crippen molar-refractivity contribution in [1.82, 2.24) is 14.5 Å². The number of morpholine rings is 1. The Morgan fingerprint density at radius 3 is 2.18 bits per heavy atom. The number of ether oxygens (including phenoxy) is 7. The van der Waals surface area contributed by atoms with Gasteiger partial charge < -0.3 is 64.0 Å². The lowest BCUT2D eigenvalue weighted by molar-refractivity contribution is -0.339. The van der Waals surface area contributed by atoms with Crippen molar-refractivity contribution in [1.29, 1.82) is 0 Å². The number of β-amino-alcohol motifs (C(OH)–C–C–N with tert-alkyl or cyclic N) is 1. The molecule has 18 atom stereocenters. The first-order chi connectivity index (χ1) is 31.1. The van der Waals surface area contributed by atoms with E-state index in [1.165, 1.54) is 45.3 Å². The van der Waals surface area contributed by atoms with Gasteiger partial charge in [0.15, 0.2) is 12.6 Å². The highest BCUT2D eigenvalue weighted by molar-refractivity contribution is 7.89. The van der Waals surface area contributed by atoms with Crippen molar-refractivity contribution in [2.24, 2.45) is 17.8 Å². The van der Waals surface area contributed by atoms with Gasteiger partial charge in [0.1, 0.15) is 35.1 Å². The number of aliphatic hydroxyl groups excluding tert-OH is 2. The largest absolute Gasteiger partial charge is 0.459 e. The SMILES string of the molecule is CC[C@H]1OC(=O)[C@H](C)[C@@H](O[C@H]2C[C@@](C)(OC)[C@](O)(CN3CCOCC3)[C@H](C)O2)[C@H](C)[C@@H](O[C@@H]2O[C@H](C)C[C@H](N(C)S(=O)(=O)c3ccc(Cl)cc3)[C@H]2O)[C@](C)(O)C[C@@H](C)CN[C@H](C)[C@@H](O)[C@]1(C)O. The van der Waals surface area contributed by atoms with Crippen molar-refractivity contribution >= 4 is 27.6 Å². The number of likely N-dealkylation sites (N-methyl/N-ethyl adjacent to an activating group) is 1. The minimum absolute atomic E-state index is 0.0126. The smallest absolute Gasteiger partial charge is 0.311 e. The summed E-state index contributed by atoms with van der Waals surface area (Å²) >= 11 is 6.07. The van der Waals surface area contributed by atoms with E-state index in [0.29, 0.717) is 31.3 Å². The number of sulfonamides is 1. The van der Waals surface area contributed by atoms with Gasteiger partial charge in [0, 0.05) is 57.2 Å². The molecule has 0 saturated carbocycles. The summed E-state index contributed by atoms with van der Waals surface area (Å²) in [6, 6.07) is 4.00.